The highest BCUT2D eigenvalue weighted by Gasteiger charge is 2.41. The van der Waals surface area contributed by atoms with Gasteiger partial charge < -0.3 is 9.84 Å². The van der Waals surface area contributed by atoms with Gasteiger partial charge in [0.25, 0.3) is 11.8 Å². The number of hydrogen-bond donors (Lipinski definition) is 1. The molecule has 140 valence electrons. The third-order valence-electron chi connectivity index (χ3n) is 4.94. The summed E-state index contributed by atoms with van der Waals surface area (Å²) in [6.07, 6.45) is 11.0. The van der Waals surface area contributed by atoms with Crippen LogP contribution in [0.25, 0.3) is 11.5 Å². The van der Waals surface area contributed by atoms with Crippen LogP contribution in [0.15, 0.2) is 35.4 Å². The molecule has 1 amide bonds. The molecule has 1 aliphatic carbocycles. The zero-order chi connectivity index (χ0) is 18.7. The average molecular weight is 367 g/mol. The molecule has 0 unspecified atom stereocenters. The lowest BCUT2D eigenvalue weighted by Crippen LogP contribution is -2.48. The molecule has 27 heavy (non-hydrogen) atoms. The van der Waals surface area contributed by atoms with E-state index in [9.17, 15) is 4.79 Å². The summed E-state index contributed by atoms with van der Waals surface area (Å²) in [5.41, 5.74) is 0.385. The molecular formula is C18H21N7O2. The molecule has 0 aromatic carbocycles. The first-order chi connectivity index (χ1) is 13.2. The first-order valence-electron chi connectivity index (χ1n) is 9.17. The lowest BCUT2D eigenvalue weighted by Gasteiger charge is -2.34. The van der Waals surface area contributed by atoms with Crippen molar-refractivity contribution in [1.82, 2.24) is 35.2 Å². The molecule has 3 aromatic rings. The van der Waals surface area contributed by atoms with Crippen molar-refractivity contribution in [2.24, 2.45) is 0 Å². The fourth-order valence-corrected chi connectivity index (χ4v) is 3.54. The van der Waals surface area contributed by atoms with Crippen molar-refractivity contribution in [1.29, 1.82) is 0 Å². The molecular weight excluding hydrogens is 346 g/mol. The second-order valence-corrected chi connectivity index (χ2v) is 6.64. The Hall–Kier alpha value is -3.10. The Labute approximate surface area is 156 Å². The maximum atomic E-state index is 12.9. The predicted molar refractivity (Wildman–Crippen MR) is 95.5 cm³/mol. The van der Waals surface area contributed by atoms with Gasteiger partial charge in [-0.3, -0.25) is 14.5 Å². The molecule has 0 spiro atoms. The molecule has 3 aromatic heterocycles. The van der Waals surface area contributed by atoms with E-state index in [4.69, 9.17) is 4.52 Å². The summed E-state index contributed by atoms with van der Waals surface area (Å²) in [7, 11) is 0. The molecule has 1 saturated carbocycles. The lowest BCUT2D eigenvalue weighted by atomic mass is 9.81. The number of nitrogens with zero attached hydrogens (tertiary/aromatic N) is 6. The normalized spacial score (nSPS) is 16.2. The van der Waals surface area contributed by atoms with E-state index in [-0.39, 0.29) is 5.91 Å². The second-order valence-electron chi connectivity index (χ2n) is 6.64. The van der Waals surface area contributed by atoms with Crippen molar-refractivity contribution in [2.45, 2.75) is 51.1 Å². The maximum absolute atomic E-state index is 12.9. The van der Waals surface area contributed by atoms with Gasteiger partial charge in [0.05, 0.1) is 6.20 Å². The molecule has 0 bridgehead atoms. The van der Waals surface area contributed by atoms with E-state index >= 15 is 0 Å². The van der Waals surface area contributed by atoms with Crippen molar-refractivity contribution in [2.75, 3.05) is 0 Å². The van der Waals surface area contributed by atoms with Crippen LogP contribution in [-0.2, 0) is 12.1 Å². The summed E-state index contributed by atoms with van der Waals surface area (Å²) in [5, 5.41) is 11.4. The number of amides is 1. The molecule has 4 rings (SSSR count). The van der Waals surface area contributed by atoms with Crippen molar-refractivity contribution >= 4 is 5.91 Å². The Morgan fingerprint density at radius 2 is 2.11 bits per heavy atom. The Balaban J connectivity index is 1.65. The smallest absolute Gasteiger partial charge is 0.270 e. The zero-order valence-electron chi connectivity index (χ0n) is 15.1. The second kappa shape index (κ2) is 7.26. The SMILES string of the molecule is CCn1nccc1C(=O)NC1(c2nc(-c3cnccn3)no2)CCCCC1. The number of carbonyl (C=O) groups excluding carboxylic acids is 1. The van der Waals surface area contributed by atoms with Crippen LogP contribution >= 0.6 is 0 Å². The molecule has 1 aliphatic rings. The van der Waals surface area contributed by atoms with Gasteiger partial charge >= 0.3 is 0 Å². The average Bonchev–Trinajstić information content (AvgIpc) is 3.39. The van der Waals surface area contributed by atoms with Gasteiger partial charge in [-0.1, -0.05) is 24.4 Å². The third kappa shape index (κ3) is 3.32. The molecule has 9 nitrogen and oxygen atoms in total. The summed E-state index contributed by atoms with van der Waals surface area (Å²) in [6, 6.07) is 1.72. The lowest BCUT2D eigenvalue weighted by molar-refractivity contribution is 0.0813. The van der Waals surface area contributed by atoms with Crippen molar-refractivity contribution in [3.05, 3.63) is 42.4 Å². The molecule has 0 atom stereocenters. The van der Waals surface area contributed by atoms with Gasteiger partial charge in [0.2, 0.25) is 5.82 Å². The molecule has 0 aliphatic heterocycles. The van der Waals surface area contributed by atoms with Crippen molar-refractivity contribution < 1.29 is 9.32 Å². The van der Waals surface area contributed by atoms with Crippen LogP contribution in [0.4, 0.5) is 0 Å². The van der Waals surface area contributed by atoms with Gasteiger partial charge in [-0.25, -0.2) is 4.98 Å². The number of aromatic nitrogens is 6. The van der Waals surface area contributed by atoms with Crippen LogP contribution in [0.5, 0.6) is 0 Å². The van der Waals surface area contributed by atoms with Crippen LogP contribution in [-0.4, -0.2) is 35.8 Å². The zero-order valence-corrected chi connectivity index (χ0v) is 15.1. The van der Waals surface area contributed by atoms with Crippen molar-refractivity contribution in [3.63, 3.8) is 0 Å². The van der Waals surface area contributed by atoms with E-state index < -0.39 is 5.54 Å². The number of hydrogen-bond acceptors (Lipinski definition) is 7. The van der Waals surface area contributed by atoms with Crippen LogP contribution in [0.2, 0.25) is 0 Å². The Morgan fingerprint density at radius 1 is 1.26 bits per heavy atom. The Bertz CT molecular complexity index is 913. The predicted octanol–water partition coefficient (Wildman–Crippen LogP) is 2.33. The third-order valence-corrected chi connectivity index (χ3v) is 4.94. The fraction of sp³-hybridized carbons (Fsp3) is 0.444. The molecule has 1 N–H and O–H groups in total. The number of aryl methyl sites for hydroxylation is 1. The highest BCUT2D eigenvalue weighted by Crippen LogP contribution is 2.37. The van der Waals surface area contributed by atoms with Gasteiger partial charge in [-0.15, -0.1) is 0 Å². The van der Waals surface area contributed by atoms with Gasteiger partial charge in [0.15, 0.2) is 0 Å². The van der Waals surface area contributed by atoms with Crippen LogP contribution in [0.3, 0.4) is 0 Å². The fourth-order valence-electron chi connectivity index (χ4n) is 3.54. The number of nitrogens with one attached hydrogen (secondary N) is 1. The number of rotatable bonds is 5. The summed E-state index contributed by atoms with van der Waals surface area (Å²) < 4.78 is 7.24. The number of carbonyl (C=O) groups is 1. The van der Waals surface area contributed by atoms with Gasteiger partial charge in [-0.05, 0) is 25.8 Å². The van der Waals surface area contributed by atoms with E-state index in [0.29, 0.717) is 29.6 Å². The standard InChI is InChI=1S/C18H21N7O2/c1-2-25-14(6-9-21-25)16(26)23-18(7-4-3-5-8-18)17-22-15(24-27-17)13-12-19-10-11-20-13/h6,9-12H,2-5,7-8H2,1H3,(H,23,26). The topological polar surface area (TPSA) is 112 Å². The Morgan fingerprint density at radius 3 is 2.85 bits per heavy atom. The van der Waals surface area contributed by atoms with E-state index in [2.05, 4.69) is 30.5 Å². The van der Waals surface area contributed by atoms with Crippen LogP contribution < -0.4 is 5.32 Å². The highest BCUT2D eigenvalue weighted by molar-refractivity contribution is 5.93. The highest BCUT2D eigenvalue weighted by atomic mass is 16.5. The maximum Gasteiger partial charge on any atom is 0.270 e. The molecule has 3 heterocycles. The summed E-state index contributed by atoms with van der Waals surface area (Å²) in [4.78, 5) is 25.7. The van der Waals surface area contributed by atoms with Gasteiger partial charge in [0, 0.05) is 25.1 Å². The van der Waals surface area contributed by atoms with Gasteiger partial charge in [0.1, 0.15) is 16.9 Å². The molecule has 1 fully saturated rings. The first kappa shape index (κ1) is 17.3. The van der Waals surface area contributed by atoms with Crippen LogP contribution in [0, 0.1) is 0 Å². The summed E-state index contributed by atoms with van der Waals surface area (Å²) in [6.45, 7) is 2.57. The van der Waals surface area contributed by atoms with Gasteiger partial charge in [-0.2, -0.15) is 10.1 Å². The van der Waals surface area contributed by atoms with Crippen molar-refractivity contribution in [3.8, 4) is 11.5 Å². The largest absolute Gasteiger partial charge is 0.336 e. The van der Waals surface area contributed by atoms with E-state index in [1.165, 1.54) is 0 Å². The van der Waals surface area contributed by atoms with E-state index in [0.717, 1.165) is 32.1 Å². The molecule has 0 saturated heterocycles. The minimum atomic E-state index is -0.675. The van der Waals surface area contributed by atoms with E-state index in [1.807, 2.05) is 6.92 Å². The molecule has 0 radical (unpaired) electrons. The van der Waals surface area contributed by atoms with E-state index in [1.54, 1.807) is 35.5 Å². The van der Waals surface area contributed by atoms with Crippen LogP contribution in [0.1, 0.15) is 55.4 Å². The Kier molecular flexibility index (Phi) is 4.66. The molecule has 9 heteroatoms. The summed E-state index contributed by atoms with van der Waals surface area (Å²) >= 11 is 0. The minimum Gasteiger partial charge on any atom is -0.336 e. The minimum absolute atomic E-state index is 0.185. The quantitative estimate of drug-likeness (QED) is 0.736. The first-order valence-corrected chi connectivity index (χ1v) is 9.17. The monoisotopic (exact) mass is 367 g/mol. The summed E-state index contributed by atoms with van der Waals surface area (Å²) in [5.74, 6) is 0.602.